The van der Waals surface area contributed by atoms with Gasteiger partial charge in [0.1, 0.15) is 0 Å². The van der Waals surface area contributed by atoms with Crippen LogP contribution in [-0.2, 0) is 11.2 Å². The Morgan fingerprint density at radius 1 is 1.42 bits per heavy atom. The molecule has 0 aliphatic rings. The highest BCUT2D eigenvalue weighted by molar-refractivity contribution is 5.90. The fourth-order valence-electron chi connectivity index (χ4n) is 1.79. The van der Waals surface area contributed by atoms with Crippen LogP contribution in [-0.4, -0.2) is 23.0 Å². The van der Waals surface area contributed by atoms with Gasteiger partial charge in [-0.25, -0.2) is 0 Å². The summed E-state index contributed by atoms with van der Waals surface area (Å²) in [6.45, 7) is 3.98. The molecular weight excluding hydrogens is 242 g/mol. The Labute approximate surface area is 113 Å². The average molecular weight is 263 g/mol. The molecular formula is C14H21N3O2. The normalized spacial score (nSPS) is 13.1. The Bertz CT molecular complexity index is 441. The second-order valence-corrected chi connectivity index (χ2v) is 4.60. The highest BCUT2D eigenvalue weighted by atomic mass is 16.4. The van der Waals surface area contributed by atoms with Crippen molar-refractivity contribution in [3.05, 3.63) is 35.4 Å². The van der Waals surface area contributed by atoms with Gasteiger partial charge in [-0.05, 0) is 18.9 Å². The van der Waals surface area contributed by atoms with Gasteiger partial charge in [0.2, 0.25) is 5.91 Å². The van der Waals surface area contributed by atoms with Crippen LogP contribution in [0, 0.1) is 6.92 Å². The lowest BCUT2D eigenvalue weighted by Crippen LogP contribution is -2.45. The molecule has 0 radical (unpaired) electrons. The smallest absolute Gasteiger partial charge is 0.225 e. The topological polar surface area (TPSA) is 87.7 Å². The third-order valence-corrected chi connectivity index (χ3v) is 2.87. The van der Waals surface area contributed by atoms with Gasteiger partial charge in [-0.2, -0.15) is 0 Å². The zero-order chi connectivity index (χ0) is 14.3. The molecule has 1 rings (SSSR count). The second kappa shape index (κ2) is 7.41. The van der Waals surface area contributed by atoms with Crippen LogP contribution in [0.4, 0.5) is 0 Å². The van der Waals surface area contributed by atoms with Gasteiger partial charge in [0, 0.05) is 0 Å². The predicted molar refractivity (Wildman–Crippen MR) is 75.1 cm³/mol. The molecule has 1 unspecified atom stereocenters. The minimum absolute atomic E-state index is 0.0408. The monoisotopic (exact) mass is 263 g/mol. The Hall–Kier alpha value is -2.04. The number of nitrogens with zero attached hydrogens (tertiary/aromatic N) is 1. The van der Waals surface area contributed by atoms with Crippen molar-refractivity contribution in [2.24, 2.45) is 10.9 Å². The van der Waals surface area contributed by atoms with Gasteiger partial charge < -0.3 is 16.3 Å². The Morgan fingerprint density at radius 3 is 2.58 bits per heavy atom. The molecule has 0 spiro atoms. The van der Waals surface area contributed by atoms with Gasteiger partial charge in [0.25, 0.3) is 0 Å². The first-order valence-corrected chi connectivity index (χ1v) is 6.39. The summed E-state index contributed by atoms with van der Waals surface area (Å²) in [6.07, 6.45) is 1.78. The van der Waals surface area contributed by atoms with E-state index in [1.807, 2.05) is 38.1 Å². The van der Waals surface area contributed by atoms with E-state index in [0.29, 0.717) is 12.8 Å². The number of oxime groups is 1. The molecule has 104 valence electrons. The van der Waals surface area contributed by atoms with Crippen molar-refractivity contribution < 1.29 is 10.0 Å². The number of amides is 1. The molecule has 0 aromatic heterocycles. The lowest BCUT2D eigenvalue weighted by molar-refractivity contribution is -0.120. The summed E-state index contributed by atoms with van der Waals surface area (Å²) in [7, 11) is 0. The molecule has 1 amide bonds. The summed E-state index contributed by atoms with van der Waals surface area (Å²) in [5.74, 6) is -0.0898. The van der Waals surface area contributed by atoms with Crippen molar-refractivity contribution in [2.45, 2.75) is 39.2 Å². The molecule has 1 atom stereocenters. The fourth-order valence-corrected chi connectivity index (χ4v) is 1.79. The van der Waals surface area contributed by atoms with E-state index in [1.54, 1.807) is 0 Å². The van der Waals surface area contributed by atoms with E-state index < -0.39 is 6.04 Å². The van der Waals surface area contributed by atoms with Crippen LogP contribution in [0.2, 0.25) is 0 Å². The van der Waals surface area contributed by atoms with Crippen molar-refractivity contribution in [1.82, 2.24) is 5.32 Å². The molecule has 0 heterocycles. The first kappa shape index (κ1) is 15.0. The predicted octanol–water partition coefficient (Wildman–Crippen LogP) is 1.57. The minimum atomic E-state index is -0.409. The van der Waals surface area contributed by atoms with Gasteiger partial charge >= 0.3 is 0 Å². The lowest BCUT2D eigenvalue weighted by Gasteiger charge is -2.16. The van der Waals surface area contributed by atoms with Crippen molar-refractivity contribution in [2.75, 3.05) is 0 Å². The first-order chi connectivity index (χ1) is 9.06. The van der Waals surface area contributed by atoms with Gasteiger partial charge in [-0.3, -0.25) is 4.79 Å². The molecule has 0 saturated heterocycles. The molecule has 0 fully saturated rings. The van der Waals surface area contributed by atoms with Crippen LogP contribution in [0.5, 0.6) is 0 Å². The maximum absolute atomic E-state index is 11.9. The molecule has 1 aromatic carbocycles. The zero-order valence-corrected chi connectivity index (χ0v) is 11.4. The van der Waals surface area contributed by atoms with Crippen molar-refractivity contribution in [3.63, 3.8) is 0 Å². The van der Waals surface area contributed by atoms with Crippen molar-refractivity contribution in [1.29, 1.82) is 0 Å². The molecule has 19 heavy (non-hydrogen) atoms. The van der Waals surface area contributed by atoms with Gasteiger partial charge in [-0.15, -0.1) is 0 Å². The van der Waals surface area contributed by atoms with Gasteiger partial charge in [0.15, 0.2) is 5.84 Å². The summed E-state index contributed by atoms with van der Waals surface area (Å²) < 4.78 is 0. The largest absolute Gasteiger partial charge is 0.409 e. The Morgan fingerprint density at radius 2 is 2.05 bits per heavy atom. The Balaban J connectivity index is 2.60. The van der Waals surface area contributed by atoms with E-state index in [0.717, 1.165) is 17.5 Å². The van der Waals surface area contributed by atoms with Crippen LogP contribution in [0.25, 0.3) is 0 Å². The molecule has 0 saturated carbocycles. The number of hydrogen-bond acceptors (Lipinski definition) is 3. The van der Waals surface area contributed by atoms with E-state index >= 15 is 0 Å². The molecule has 5 heteroatoms. The van der Waals surface area contributed by atoms with Crippen LogP contribution >= 0.6 is 0 Å². The number of hydrogen-bond donors (Lipinski definition) is 3. The molecule has 0 aliphatic heterocycles. The number of carbonyl (C=O) groups is 1. The van der Waals surface area contributed by atoms with Crippen LogP contribution in [0.15, 0.2) is 29.4 Å². The van der Waals surface area contributed by atoms with Gasteiger partial charge in [-0.1, -0.05) is 48.3 Å². The standard InChI is InChI=1S/C14H21N3O2/c1-3-4-12(14(15)17-19)16-13(18)9-11-7-5-10(2)6-8-11/h5-8,12,19H,3-4,9H2,1-2H3,(H2,15,17)(H,16,18). The lowest BCUT2D eigenvalue weighted by atomic mass is 10.1. The third-order valence-electron chi connectivity index (χ3n) is 2.87. The van der Waals surface area contributed by atoms with E-state index in [1.165, 1.54) is 0 Å². The quantitative estimate of drug-likeness (QED) is 0.315. The maximum Gasteiger partial charge on any atom is 0.225 e. The number of nitrogens with two attached hydrogens (primary N) is 1. The van der Waals surface area contributed by atoms with E-state index in [9.17, 15) is 4.79 Å². The molecule has 0 bridgehead atoms. The number of nitrogens with one attached hydrogen (secondary N) is 1. The molecule has 4 N–H and O–H groups in total. The summed E-state index contributed by atoms with van der Waals surface area (Å²) in [5, 5.41) is 14.4. The molecule has 1 aromatic rings. The Kier molecular flexibility index (Phi) is 5.85. The maximum atomic E-state index is 11.9. The highest BCUT2D eigenvalue weighted by Gasteiger charge is 2.16. The van der Waals surface area contributed by atoms with Crippen LogP contribution in [0.1, 0.15) is 30.9 Å². The van der Waals surface area contributed by atoms with Crippen LogP contribution < -0.4 is 11.1 Å². The molecule has 5 nitrogen and oxygen atoms in total. The van der Waals surface area contributed by atoms with E-state index in [-0.39, 0.29) is 11.7 Å². The minimum Gasteiger partial charge on any atom is -0.409 e. The second-order valence-electron chi connectivity index (χ2n) is 4.60. The average Bonchev–Trinajstić information content (AvgIpc) is 2.40. The summed E-state index contributed by atoms with van der Waals surface area (Å²) >= 11 is 0. The fraction of sp³-hybridized carbons (Fsp3) is 0.429. The number of aryl methyl sites for hydroxylation is 1. The van der Waals surface area contributed by atoms with Crippen molar-refractivity contribution in [3.8, 4) is 0 Å². The zero-order valence-electron chi connectivity index (χ0n) is 11.4. The first-order valence-electron chi connectivity index (χ1n) is 6.39. The summed E-state index contributed by atoms with van der Waals surface area (Å²) in [6, 6.07) is 7.37. The SMILES string of the molecule is CCCC(NC(=O)Cc1ccc(C)cc1)/C(N)=N/O. The van der Waals surface area contributed by atoms with Gasteiger partial charge in [0.05, 0.1) is 12.5 Å². The highest BCUT2D eigenvalue weighted by Crippen LogP contribution is 2.05. The van der Waals surface area contributed by atoms with E-state index in [4.69, 9.17) is 10.9 Å². The van der Waals surface area contributed by atoms with Crippen molar-refractivity contribution >= 4 is 11.7 Å². The number of carbonyl (C=O) groups excluding carboxylic acids is 1. The summed E-state index contributed by atoms with van der Waals surface area (Å²) in [5.41, 5.74) is 7.65. The number of amidine groups is 1. The van der Waals surface area contributed by atoms with E-state index in [2.05, 4.69) is 10.5 Å². The third kappa shape index (κ3) is 4.99. The van der Waals surface area contributed by atoms with Crippen LogP contribution in [0.3, 0.4) is 0 Å². The number of rotatable bonds is 6. The molecule has 0 aliphatic carbocycles. The summed E-state index contributed by atoms with van der Waals surface area (Å²) in [4.78, 5) is 11.9. The number of benzene rings is 1.